The van der Waals surface area contributed by atoms with Crippen molar-refractivity contribution in [3.8, 4) is 0 Å². The van der Waals surface area contributed by atoms with Crippen molar-refractivity contribution in [2.75, 3.05) is 5.75 Å². The first kappa shape index (κ1) is 16.3. The molecule has 1 atom stereocenters. The van der Waals surface area contributed by atoms with E-state index in [0.717, 1.165) is 28.4 Å². The smallest absolute Gasteiger partial charge is 0.0730 e. The van der Waals surface area contributed by atoms with Gasteiger partial charge in [0.1, 0.15) is 0 Å². The van der Waals surface area contributed by atoms with Gasteiger partial charge >= 0.3 is 0 Å². The molecule has 20 heavy (non-hydrogen) atoms. The van der Waals surface area contributed by atoms with Gasteiger partial charge in [0, 0.05) is 17.5 Å². The van der Waals surface area contributed by atoms with Crippen LogP contribution in [0.25, 0.3) is 0 Å². The zero-order valence-electron chi connectivity index (χ0n) is 12.1. The molecule has 1 aromatic heterocycles. The van der Waals surface area contributed by atoms with Crippen LogP contribution in [0.1, 0.15) is 57.2 Å². The van der Waals surface area contributed by atoms with Crippen molar-refractivity contribution < 1.29 is 0 Å². The lowest BCUT2D eigenvalue weighted by molar-refractivity contribution is 0.500. The van der Waals surface area contributed by atoms with Crippen LogP contribution in [0.15, 0.2) is 10.7 Å². The van der Waals surface area contributed by atoms with Gasteiger partial charge in [0.2, 0.25) is 0 Å². The molecule has 1 aliphatic carbocycles. The van der Waals surface area contributed by atoms with Crippen LogP contribution < -0.4 is 11.3 Å². The van der Waals surface area contributed by atoms with E-state index in [1.54, 1.807) is 0 Å². The molecule has 1 aromatic rings. The number of hydrogen-bond donors (Lipinski definition) is 2. The molecule has 1 heterocycles. The fourth-order valence-electron chi connectivity index (χ4n) is 2.78. The van der Waals surface area contributed by atoms with Gasteiger partial charge in [-0.2, -0.15) is 16.9 Å². The third kappa shape index (κ3) is 4.23. The average molecular weight is 361 g/mol. The topological polar surface area (TPSA) is 55.9 Å². The molecule has 1 fully saturated rings. The number of halogens is 1. The number of aryl methyl sites for hydroxylation is 1. The molecule has 4 nitrogen and oxygen atoms in total. The largest absolute Gasteiger partial charge is 0.271 e. The van der Waals surface area contributed by atoms with E-state index >= 15 is 0 Å². The van der Waals surface area contributed by atoms with Gasteiger partial charge in [0.25, 0.3) is 0 Å². The third-order valence-electron chi connectivity index (χ3n) is 3.85. The molecular weight excluding hydrogens is 336 g/mol. The van der Waals surface area contributed by atoms with E-state index in [-0.39, 0.29) is 6.04 Å². The van der Waals surface area contributed by atoms with Crippen LogP contribution in [0.4, 0.5) is 0 Å². The Morgan fingerprint density at radius 1 is 1.50 bits per heavy atom. The minimum absolute atomic E-state index is 0.158. The molecule has 6 heteroatoms. The van der Waals surface area contributed by atoms with Crippen LogP contribution >= 0.6 is 27.7 Å². The Labute approximate surface area is 134 Å². The molecule has 2 rings (SSSR count). The van der Waals surface area contributed by atoms with Crippen molar-refractivity contribution in [2.24, 2.45) is 5.84 Å². The van der Waals surface area contributed by atoms with E-state index in [2.05, 4.69) is 49.8 Å². The Kier molecular flexibility index (Phi) is 6.87. The number of nitrogens with one attached hydrogen (secondary N) is 1. The predicted molar refractivity (Wildman–Crippen MR) is 89.6 cm³/mol. The Balaban J connectivity index is 1.98. The van der Waals surface area contributed by atoms with Gasteiger partial charge in [-0.3, -0.25) is 16.0 Å². The molecule has 0 bridgehead atoms. The van der Waals surface area contributed by atoms with Crippen LogP contribution in [-0.4, -0.2) is 20.8 Å². The summed E-state index contributed by atoms with van der Waals surface area (Å²) in [4.78, 5) is 0. The van der Waals surface area contributed by atoms with Gasteiger partial charge in [-0.05, 0) is 35.2 Å². The maximum absolute atomic E-state index is 5.79. The maximum atomic E-state index is 5.79. The first-order valence-corrected chi connectivity index (χ1v) is 9.39. The second kappa shape index (κ2) is 8.41. The Morgan fingerprint density at radius 3 is 2.90 bits per heavy atom. The summed E-state index contributed by atoms with van der Waals surface area (Å²) in [6, 6.07) is 0.158. The van der Waals surface area contributed by atoms with Gasteiger partial charge in [-0.1, -0.05) is 26.2 Å². The van der Waals surface area contributed by atoms with Gasteiger partial charge in [0.05, 0.1) is 22.4 Å². The summed E-state index contributed by atoms with van der Waals surface area (Å²) in [5, 5.41) is 5.24. The normalized spacial score (nSPS) is 18.4. The lowest BCUT2D eigenvalue weighted by atomic mass is 10.0. The number of rotatable bonds is 7. The summed E-state index contributed by atoms with van der Waals surface area (Å²) in [6.07, 6.45) is 9.85. The van der Waals surface area contributed by atoms with E-state index < -0.39 is 0 Å². The molecule has 1 saturated carbocycles. The molecule has 3 N–H and O–H groups in total. The van der Waals surface area contributed by atoms with Gasteiger partial charge in [0.15, 0.2) is 0 Å². The monoisotopic (exact) mass is 360 g/mol. The van der Waals surface area contributed by atoms with Crippen LogP contribution in [0.5, 0.6) is 0 Å². The van der Waals surface area contributed by atoms with Crippen LogP contribution in [-0.2, 0) is 6.54 Å². The van der Waals surface area contributed by atoms with Crippen molar-refractivity contribution in [1.82, 2.24) is 15.2 Å². The summed E-state index contributed by atoms with van der Waals surface area (Å²) in [5.74, 6) is 6.80. The lowest BCUT2D eigenvalue weighted by Crippen LogP contribution is -2.32. The molecule has 114 valence electrons. The fraction of sp³-hybridized carbons (Fsp3) is 0.786. The van der Waals surface area contributed by atoms with E-state index in [1.165, 1.54) is 37.8 Å². The highest BCUT2D eigenvalue weighted by molar-refractivity contribution is 9.10. The molecule has 0 aliphatic heterocycles. The number of nitrogens with two attached hydrogens (primary N) is 1. The van der Waals surface area contributed by atoms with Crippen molar-refractivity contribution in [3.63, 3.8) is 0 Å². The zero-order chi connectivity index (χ0) is 14.4. The number of nitrogens with zero attached hydrogens (tertiary/aromatic N) is 2. The van der Waals surface area contributed by atoms with Crippen molar-refractivity contribution in [2.45, 2.75) is 63.3 Å². The summed E-state index contributed by atoms with van der Waals surface area (Å²) in [6.45, 7) is 3.11. The highest BCUT2D eigenvalue weighted by atomic mass is 79.9. The number of hydrogen-bond acceptors (Lipinski definition) is 4. The second-order valence-electron chi connectivity index (χ2n) is 5.41. The molecule has 1 aliphatic rings. The number of hydrazine groups is 1. The molecular formula is C14H25BrN4S. The third-order valence-corrected chi connectivity index (χ3v) is 5.93. The van der Waals surface area contributed by atoms with E-state index in [1.807, 2.05) is 6.20 Å². The van der Waals surface area contributed by atoms with E-state index in [9.17, 15) is 0 Å². The maximum Gasteiger partial charge on any atom is 0.0730 e. The highest BCUT2D eigenvalue weighted by Gasteiger charge is 2.21. The standard InChI is InChI=1S/C14H25BrN4S/c1-2-8-19-14(12(15)9-17-19)13(18-16)10-20-11-6-4-3-5-7-11/h9,11,13,18H,2-8,10,16H2,1H3. The molecule has 0 saturated heterocycles. The fourth-order valence-corrected chi connectivity index (χ4v) is 4.74. The number of aromatic nitrogens is 2. The van der Waals surface area contributed by atoms with Crippen LogP contribution in [0.3, 0.4) is 0 Å². The number of thioether (sulfide) groups is 1. The van der Waals surface area contributed by atoms with Gasteiger partial charge in [-0.15, -0.1) is 0 Å². The van der Waals surface area contributed by atoms with Crippen molar-refractivity contribution in [3.05, 3.63) is 16.4 Å². The first-order chi connectivity index (χ1) is 9.76. The SMILES string of the molecule is CCCn1ncc(Br)c1C(CSC1CCCCC1)NN. The highest BCUT2D eigenvalue weighted by Crippen LogP contribution is 2.32. The summed E-state index contributed by atoms with van der Waals surface area (Å²) in [7, 11) is 0. The predicted octanol–water partition coefficient (Wildman–Crippen LogP) is 3.63. The zero-order valence-corrected chi connectivity index (χ0v) is 14.5. The lowest BCUT2D eigenvalue weighted by Gasteiger charge is -2.24. The van der Waals surface area contributed by atoms with Crippen molar-refractivity contribution in [1.29, 1.82) is 0 Å². The molecule has 0 aromatic carbocycles. The first-order valence-electron chi connectivity index (χ1n) is 7.55. The molecule has 0 amide bonds. The van der Waals surface area contributed by atoms with E-state index in [0.29, 0.717) is 0 Å². The average Bonchev–Trinajstić information content (AvgIpc) is 2.83. The van der Waals surface area contributed by atoms with Crippen LogP contribution in [0.2, 0.25) is 0 Å². The molecule has 0 radical (unpaired) electrons. The van der Waals surface area contributed by atoms with Gasteiger partial charge < -0.3 is 0 Å². The Bertz CT molecular complexity index is 404. The Hall–Kier alpha value is -0.0400. The van der Waals surface area contributed by atoms with Crippen LogP contribution in [0, 0.1) is 0 Å². The second-order valence-corrected chi connectivity index (χ2v) is 7.60. The van der Waals surface area contributed by atoms with E-state index in [4.69, 9.17) is 5.84 Å². The quantitative estimate of drug-likeness (QED) is 0.575. The minimum atomic E-state index is 0.158. The summed E-state index contributed by atoms with van der Waals surface area (Å²) >= 11 is 5.67. The summed E-state index contributed by atoms with van der Waals surface area (Å²) < 4.78 is 3.12. The molecule has 1 unspecified atom stereocenters. The summed E-state index contributed by atoms with van der Waals surface area (Å²) in [5.41, 5.74) is 4.15. The van der Waals surface area contributed by atoms with Crippen molar-refractivity contribution >= 4 is 27.7 Å². The Morgan fingerprint density at radius 2 is 2.25 bits per heavy atom. The molecule has 0 spiro atoms. The minimum Gasteiger partial charge on any atom is -0.271 e. The van der Waals surface area contributed by atoms with Gasteiger partial charge in [-0.25, -0.2) is 0 Å².